The number of anilines is 1. The van der Waals surface area contributed by atoms with Crippen molar-refractivity contribution in [2.75, 3.05) is 11.9 Å². The van der Waals surface area contributed by atoms with Gasteiger partial charge in [-0.3, -0.25) is 4.79 Å². The predicted molar refractivity (Wildman–Crippen MR) is 94.1 cm³/mol. The van der Waals surface area contributed by atoms with E-state index in [-0.39, 0.29) is 36.1 Å². The first-order valence-corrected chi connectivity index (χ1v) is 8.61. The highest BCUT2D eigenvalue weighted by atomic mass is 19.1. The van der Waals surface area contributed by atoms with Gasteiger partial charge in [-0.15, -0.1) is 0 Å². The van der Waals surface area contributed by atoms with Crippen molar-refractivity contribution in [3.63, 3.8) is 0 Å². The Morgan fingerprint density at radius 2 is 2.11 bits per heavy atom. The summed E-state index contributed by atoms with van der Waals surface area (Å²) in [7, 11) is 0. The van der Waals surface area contributed by atoms with Crippen LogP contribution in [0.3, 0.4) is 0 Å². The summed E-state index contributed by atoms with van der Waals surface area (Å²) in [4.78, 5) is 24.4. The van der Waals surface area contributed by atoms with Crippen molar-refractivity contribution in [3.8, 4) is 11.6 Å². The SMILES string of the molecule is O=C(CCc1nc(-c2ncccn2)no1)Nc1ccc2c(c1F)CCNC2. The topological polar surface area (TPSA) is 106 Å². The number of aryl methyl sites for hydroxylation is 1. The minimum atomic E-state index is -0.358. The Kier molecular flexibility index (Phi) is 4.84. The fraction of sp³-hybridized carbons (Fsp3) is 0.278. The van der Waals surface area contributed by atoms with Crippen LogP contribution in [0, 0.1) is 5.82 Å². The Labute approximate surface area is 154 Å². The number of halogens is 1. The Balaban J connectivity index is 1.37. The third kappa shape index (κ3) is 3.82. The molecule has 1 aromatic carbocycles. The van der Waals surface area contributed by atoms with Crippen molar-refractivity contribution < 1.29 is 13.7 Å². The van der Waals surface area contributed by atoms with Crippen LogP contribution in [0.15, 0.2) is 35.1 Å². The van der Waals surface area contributed by atoms with Crippen LogP contribution in [0.1, 0.15) is 23.4 Å². The van der Waals surface area contributed by atoms with E-state index in [1.807, 2.05) is 6.07 Å². The first kappa shape index (κ1) is 17.2. The van der Waals surface area contributed by atoms with E-state index in [1.54, 1.807) is 24.5 Å². The average Bonchev–Trinajstić information content (AvgIpc) is 3.19. The van der Waals surface area contributed by atoms with Gasteiger partial charge in [-0.2, -0.15) is 4.98 Å². The number of carbonyl (C=O) groups is 1. The van der Waals surface area contributed by atoms with E-state index >= 15 is 0 Å². The van der Waals surface area contributed by atoms with Gasteiger partial charge in [-0.05, 0) is 36.2 Å². The smallest absolute Gasteiger partial charge is 0.240 e. The molecule has 4 rings (SSSR count). The Morgan fingerprint density at radius 1 is 1.26 bits per heavy atom. The number of carbonyl (C=O) groups excluding carboxylic acids is 1. The molecule has 138 valence electrons. The number of benzene rings is 1. The highest BCUT2D eigenvalue weighted by molar-refractivity contribution is 5.91. The van der Waals surface area contributed by atoms with Crippen LogP contribution in [0.25, 0.3) is 11.6 Å². The minimum absolute atomic E-state index is 0.0926. The molecular formula is C18H17FN6O2. The molecule has 27 heavy (non-hydrogen) atoms. The minimum Gasteiger partial charge on any atom is -0.339 e. The van der Waals surface area contributed by atoms with Crippen LogP contribution in [-0.2, 0) is 24.2 Å². The van der Waals surface area contributed by atoms with Crippen LogP contribution in [0.5, 0.6) is 0 Å². The lowest BCUT2D eigenvalue weighted by atomic mass is 9.99. The molecule has 1 amide bonds. The Hall–Kier alpha value is -3.20. The second-order valence-corrected chi connectivity index (χ2v) is 6.12. The molecular weight excluding hydrogens is 351 g/mol. The van der Waals surface area contributed by atoms with Gasteiger partial charge in [-0.25, -0.2) is 14.4 Å². The molecule has 0 radical (unpaired) electrons. The molecule has 0 spiro atoms. The van der Waals surface area contributed by atoms with E-state index < -0.39 is 0 Å². The third-order valence-electron chi connectivity index (χ3n) is 4.28. The quantitative estimate of drug-likeness (QED) is 0.708. The van der Waals surface area contributed by atoms with Crippen molar-refractivity contribution in [2.24, 2.45) is 0 Å². The molecule has 0 saturated heterocycles. The molecule has 0 unspecified atom stereocenters. The molecule has 8 nitrogen and oxygen atoms in total. The molecule has 3 aromatic rings. The van der Waals surface area contributed by atoms with E-state index in [1.165, 1.54) is 0 Å². The molecule has 0 saturated carbocycles. The maximum Gasteiger partial charge on any atom is 0.240 e. The highest BCUT2D eigenvalue weighted by Crippen LogP contribution is 2.24. The molecule has 0 bridgehead atoms. The fourth-order valence-electron chi connectivity index (χ4n) is 2.93. The molecule has 3 heterocycles. The second kappa shape index (κ2) is 7.58. The largest absolute Gasteiger partial charge is 0.339 e. The summed E-state index contributed by atoms with van der Waals surface area (Å²) in [5.74, 6) is 0.231. The second-order valence-electron chi connectivity index (χ2n) is 6.12. The number of nitrogens with zero attached hydrogens (tertiary/aromatic N) is 4. The zero-order valence-corrected chi connectivity index (χ0v) is 14.4. The van der Waals surface area contributed by atoms with Crippen LogP contribution < -0.4 is 10.6 Å². The standard InChI is InChI=1S/C18H17FN6O2/c19-16-12-6-9-20-10-11(12)2-3-13(16)23-14(26)4-5-15-24-18(25-27-15)17-21-7-1-8-22-17/h1-3,7-8,20H,4-6,9-10H2,(H,23,26). The summed E-state index contributed by atoms with van der Waals surface area (Å²) in [6.07, 6.45) is 4.10. The number of aromatic nitrogens is 4. The highest BCUT2D eigenvalue weighted by Gasteiger charge is 2.18. The van der Waals surface area contributed by atoms with Gasteiger partial charge >= 0.3 is 0 Å². The molecule has 0 aliphatic carbocycles. The lowest BCUT2D eigenvalue weighted by molar-refractivity contribution is -0.116. The van der Waals surface area contributed by atoms with E-state index in [0.717, 1.165) is 12.1 Å². The van der Waals surface area contributed by atoms with E-state index in [0.29, 0.717) is 30.2 Å². The van der Waals surface area contributed by atoms with E-state index in [9.17, 15) is 9.18 Å². The summed E-state index contributed by atoms with van der Waals surface area (Å²) in [6, 6.07) is 5.12. The summed E-state index contributed by atoms with van der Waals surface area (Å²) in [5.41, 5.74) is 1.79. The number of hydrogen-bond donors (Lipinski definition) is 2. The van der Waals surface area contributed by atoms with Crippen molar-refractivity contribution in [1.82, 2.24) is 25.4 Å². The van der Waals surface area contributed by atoms with Crippen molar-refractivity contribution in [2.45, 2.75) is 25.8 Å². The van der Waals surface area contributed by atoms with Gasteiger partial charge in [0.15, 0.2) is 0 Å². The van der Waals surface area contributed by atoms with Crippen LogP contribution in [0.2, 0.25) is 0 Å². The maximum absolute atomic E-state index is 14.6. The monoisotopic (exact) mass is 368 g/mol. The number of hydrogen-bond acceptors (Lipinski definition) is 7. The van der Waals surface area contributed by atoms with Gasteiger partial charge in [0.05, 0.1) is 5.69 Å². The molecule has 2 N–H and O–H groups in total. The molecule has 9 heteroatoms. The molecule has 0 fully saturated rings. The van der Waals surface area contributed by atoms with Gasteiger partial charge in [0.25, 0.3) is 0 Å². The zero-order chi connectivity index (χ0) is 18.6. The van der Waals surface area contributed by atoms with Gasteiger partial charge in [0, 0.05) is 31.8 Å². The van der Waals surface area contributed by atoms with E-state index in [4.69, 9.17) is 4.52 Å². The van der Waals surface area contributed by atoms with Gasteiger partial charge in [0.2, 0.25) is 23.4 Å². The first-order valence-electron chi connectivity index (χ1n) is 8.61. The van der Waals surface area contributed by atoms with Gasteiger partial charge in [-0.1, -0.05) is 11.2 Å². The van der Waals surface area contributed by atoms with Crippen molar-refractivity contribution >= 4 is 11.6 Å². The van der Waals surface area contributed by atoms with Gasteiger partial charge in [0.1, 0.15) is 5.82 Å². The Morgan fingerprint density at radius 3 is 2.96 bits per heavy atom. The Bertz CT molecular complexity index is 960. The number of rotatable bonds is 5. The van der Waals surface area contributed by atoms with Gasteiger partial charge < -0.3 is 15.2 Å². The lowest BCUT2D eigenvalue weighted by Gasteiger charge is -2.19. The zero-order valence-electron chi connectivity index (χ0n) is 14.4. The first-order chi connectivity index (χ1) is 13.2. The molecule has 1 aliphatic heterocycles. The van der Waals surface area contributed by atoms with E-state index in [2.05, 4.69) is 30.7 Å². The summed E-state index contributed by atoms with van der Waals surface area (Å²) < 4.78 is 19.7. The molecule has 2 aromatic heterocycles. The van der Waals surface area contributed by atoms with Crippen LogP contribution in [-0.4, -0.2) is 32.6 Å². The average molecular weight is 368 g/mol. The molecule has 0 atom stereocenters. The summed E-state index contributed by atoms with van der Waals surface area (Å²) in [5, 5.41) is 9.62. The normalized spacial score (nSPS) is 13.2. The predicted octanol–water partition coefficient (Wildman–Crippen LogP) is 1.88. The van der Waals surface area contributed by atoms with Crippen LogP contribution >= 0.6 is 0 Å². The lowest BCUT2D eigenvalue weighted by Crippen LogP contribution is -2.25. The maximum atomic E-state index is 14.6. The number of nitrogens with one attached hydrogen (secondary N) is 2. The van der Waals surface area contributed by atoms with Crippen molar-refractivity contribution in [3.05, 3.63) is 53.4 Å². The van der Waals surface area contributed by atoms with Crippen LogP contribution in [0.4, 0.5) is 10.1 Å². The fourth-order valence-corrected chi connectivity index (χ4v) is 2.93. The number of amides is 1. The third-order valence-corrected chi connectivity index (χ3v) is 4.28. The summed E-state index contributed by atoms with van der Waals surface area (Å²) in [6.45, 7) is 1.37. The summed E-state index contributed by atoms with van der Waals surface area (Å²) >= 11 is 0. The molecule has 1 aliphatic rings. The van der Waals surface area contributed by atoms with Crippen molar-refractivity contribution in [1.29, 1.82) is 0 Å². The number of fused-ring (bicyclic) bond motifs is 1.